The fourth-order valence-electron chi connectivity index (χ4n) is 2.56. The summed E-state index contributed by atoms with van der Waals surface area (Å²) in [5, 5.41) is 28.6. The third kappa shape index (κ3) is 7.07. The maximum atomic E-state index is 11.9. The Morgan fingerprint density at radius 2 is 1.68 bits per heavy atom. The van der Waals surface area contributed by atoms with Gasteiger partial charge in [0.2, 0.25) is 0 Å². The zero-order valence-corrected chi connectivity index (χ0v) is 18.2. The molecule has 2 rings (SSSR count). The second-order valence-electron chi connectivity index (χ2n) is 6.95. The molecule has 2 N–H and O–H groups in total. The van der Waals surface area contributed by atoms with Crippen LogP contribution in [0.2, 0.25) is 0 Å². The number of nitrogens with zero attached hydrogens (tertiary/aromatic N) is 1. The minimum Gasteiger partial charge on any atom is -0.491 e. The number of hydrogen-bond acceptors (Lipinski definition) is 7. The van der Waals surface area contributed by atoms with Crippen molar-refractivity contribution < 1.29 is 37.9 Å². The van der Waals surface area contributed by atoms with Crippen molar-refractivity contribution in [2.45, 2.75) is 25.7 Å². The van der Waals surface area contributed by atoms with Gasteiger partial charge in [-0.2, -0.15) is 0 Å². The van der Waals surface area contributed by atoms with Gasteiger partial charge in [-0.25, -0.2) is 18.0 Å². The molecule has 168 valence electrons. The highest BCUT2D eigenvalue weighted by molar-refractivity contribution is 7.90. The number of rotatable bonds is 7. The Kier molecular flexibility index (Phi) is 8.68. The first-order valence-corrected chi connectivity index (χ1v) is 10.8. The van der Waals surface area contributed by atoms with Crippen LogP contribution in [0.1, 0.15) is 40.1 Å². The Labute approximate surface area is 179 Å². The maximum absolute atomic E-state index is 11.9. The molecule has 0 aliphatic heterocycles. The first-order valence-electron chi connectivity index (χ1n) is 8.93. The number of aryl methyl sites for hydroxylation is 1. The summed E-state index contributed by atoms with van der Waals surface area (Å²) < 4.78 is 29.1. The van der Waals surface area contributed by atoms with E-state index in [1.807, 2.05) is 0 Å². The van der Waals surface area contributed by atoms with E-state index in [0.717, 1.165) is 12.3 Å². The Bertz CT molecular complexity index is 1080. The second-order valence-corrected chi connectivity index (χ2v) is 8.91. The lowest BCUT2D eigenvalue weighted by Gasteiger charge is -2.17. The summed E-state index contributed by atoms with van der Waals surface area (Å²) in [5.41, 5.74) is -0.824. The zero-order valence-electron chi connectivity index (χ0n) is 17.4. The van der Waals surface area contributed by atoms with Crippen LogP contribution in [0.3, 0.4) is 0 Å². The molecular formula is C20H23NO9S. The van der Waals surface area contributed by atoms with Crippen molar-refractivity contribution in [1.29, 1.82) is 0 Å². The smallest absolute Gasteiger partial charge is 0.340 e. The van der Waals surface area contributed by atoms with E-state index < -0.39 is 42.9 Å². The van der Waals surface area contributed by atoms with Gasteiger partial charge in [-0.05, 0) is 24.5 Å². The summed E-state index contributed by atoms with van der Waals surface area (Å²) in [6, 6.07) is 9.05. The molecule has 0 spiro atoms. The summed E-state index contributed by atoms with van der Waals surface area (Å²) in [4.78, 5) is 32.0. The van der Waals surface area contributed by atoms with Crippen molar-refractivity contribution in [3.63, 3.8) is 0 Å². The number of sulfone groups is 1. The van der Waals surface area contributed by atoms with Crippen molar-refractivity contribution in [1.82, 2.24) is 0 Å². The number of nitro benzene ring substituents is 1. The average molecular weight is 453 g/mol. The topological polar surface area (TPSA) is 161 Å². The van der Waals surface area contributed by atoms with Gasteiger partial charge in [0, 0.05) is 18.4 Å². The van der Waals surface area contributed by atoms with Gasteiger partial charge in [0.05, 0.1) is 16.4 Å². The number of hydrogen-bond donors (Lipinski definition) is 2. The van der Waals surface area contributed by atoms with Crippen LogP contribution in [-0.2, 0) is 9.84 Å². The SMILES string of the molecule is Cc1cc(C(=O)O)c(OCC(C)C)c(C(=O)O)c1S(C)(=O)=O.O=[N+]([O-])c1ccccc1. The number of carboxylic acid groups (broad SMARTS) is 2. The van der Waals surface area contributed by atoms with Gasteiger partial charge in [-0.1, -0.05) is 32.0 Å². The number of benzene rings is 2. The molecular weight excluding hydrogens is 430 g/mol. The molecule has 2 aromatic rings. The van der Waals surface area contributed by atoms with Crippen LogP contribution >= 0.6 is 0 Å². The Morgan fingerprint density at radius 3 is 2.03 bits per heavy atom. The van der Waals surface area contributed by atoms with Gasteiger partial charge in [0.1, 0.15) is 16.9 Å². The Balaban J connectivity index is 0.000000442. The summed E-state index contributed by atoms with van der Waals surface area (Å²) in [6.45, 7) is 5.01. The van der Waals surface area contributed by atoms with E-state index in [1.165, 1.54) is 19.1 Å². The largest absolute Gasteiger partial charge is 0.491 e. The molecule has 0 saturated carbocycles. The normalized spacial score (nSPS) is 10.7. The zero-order chi connectivity index (χ0) is 23.9. The van der Waals surface area contributed by atoms with Gasteiger partial charge in [-0.15, -0.1) is 0 Å². The van der Waals surface area contributed by atoms with Crippen LogP contribution in [0, 0.1) is 23.0 Å². The summed E-state index contributed by atoms with van der Waals surface area (Å²) >= 11 is 0. The fraction of sp³-hybridized carbons (Fsp3) is 0.300. The summed E-state index contributed by atoms with van der Waals surface area (Å²) in [5.74, 6) is -3.36. The van der Waals surface area contributed by atoms with Crippen LogP contribution in [0.15, 0.2) is 41.3 Å². The molecule has 0 unspecified atom stereocenters. The number of para-hydroxylation sites is 1. The van der Waals surface area contributed by atoms with E-state index in [1.54, 1.807) is 32.0 Å². The lowest BCUT2D eigenvalue weighted by atomic mass is 10.0. The first-order chi connectivity index (χ1) is 14.3. The van der Waals surface area contributed by atoms with Gasteiger partial charge in [-0.3, -0.25) is 10.1 Å². The Morgan fingerprint density at radius 1 is 1.13 bits per heavy atom. The van der Waals surface area contributed by atoms with Gasteiger partial charge in [0.25, 0.3) is 5.69 Å². The molecule has 0 atom stereocenters. The van der Waals surface area contributed by atoms with Crippen molar-refractivity contribution >= 4 is 27.5 Å². The molecule has 0 aromatic heterocycles. The molecule has 2 aromatic carbocycles. The van der Waals surface area contributed by atoms with Crippen LogP contribution in [0.5, 0.6) is 5.75 Å². The van der Waals surface area contributed by atoms with Crippen LogP contribution < -0.4 is 4.74 Å². The van der Waals surface area contributed by atoms with E-state index >= 15 is 0 Å². The molecule has 0 aliphatic rings. The lowest BCUT2D eigenvalue weighted by Crippen LogP contribution is -2.17. The highest BCUT2D eigenvalue weighted by Crippen LogP contribution is 2.33. The molecule has 11 heteroatoms. The minimum absolute atomic E-state index is 0.00581. The van der Waals surface area contributed by atoms with Crippen molar-refractivity contribution in [3.8, 4) is 5.75 Å². The van der Waals surface area contributed by atoms with E-state index in [2.05, 4.69) is 0 Å². The highest BCUT2D eigenvalue weighted by Gasteiger charge is 2.30. The number of aromatic carboxylic acids is 2. The molecule has 0 amide bonds. The molecule has 0 saturated heterocycles. The number of ether oxygens (including phenoxy) is 1. The van der Waals surface area contributed by atoms with Crippen LogP contribution in [0.4, 0.5) is 5.69 Å². The van der Waals surface area contributed by atoms with Crippen LogP contribution in [0.25, 0.3) is 0 Å². The molecule has 31 heavy (non-hydrogen) atoms. The molecule has 0 fully saturated rings. The molecule has 10 nitrogen and oxygen atoms in total. The highest BCUT2D eigenvalue weighted by atomic mass is 32.2. The average Bonchev–Trinajstić information content (AvgIpc) is 2.65. The van der Waals surface area contributed by atoms with E-state index in [-0.39, 0.29) is 29.3 Å². The standard InChI is InChI=1S/C14H18O7S.C6H5NO2/c1-7(2)6-21-11-9(13(15)16)5-8(3)12(22(4,19)20)10(11)14(17)18;8-7(9)6-4-2-1-3-5-6/h5,7H,6H2,1-4H3,(H,15,16)(H,17,18);1-5H. The quantitative estimate of drug-likeness (QED) is 0.472. The van der Waals surface area contributed by atoms with Crippen molar-refractivity contribution in [3.05, 3.63) is 63.2 Å². The van der Waals surface area contributed by atoms with Gasteiger partial charge < -0.3 is 14.9 Å². The number of carbonyl (C=O) groups is 2. The third-order valence-corrected chi connectivity index (χ3v) is 5.03. The monoisotopic (exact) mass is 453 g/mol. The second kappa shape index (κ2) is 10.5. The van der Waals surface area contributed by atoms with Gasteiger partial charge in [0.15, 0.2) is 9.84 Å². The molecule has 0 aliphatic carbocycles. The molecule has 0 radical (unpaired) electrons. The number of carboxylic acids is 2. The predicted molar refractivity (Wildman–Crippen MR) is 112 cm³/mol. The van der Waals surface area contributed by atoms with E-state index in [4.69, 9.17) is 4.74 Å². The predicted octanol–water partition coefficient (Wildman–Crippen LogP) is 3.42. The van der Waals surface area contributed by atoms with E-state index in [9.17, 15) is 38.3 Å². The van der Waals surface area contributed by atoms with Gasteiger partial charge >= 0.3 is 11.9 Å². The summed E-state index contributed by atoms with van der Waals surface area (Å²) in [6.07, 6.45) is 0.869. The third-order valence-electron chi connectivity index (χ3n) is 3.76. The number of nitro groups is 1. The lowest BCUT2D eigenvalue weighted by molar-refractivity contribution is -0.384. The minimum atomic E-state index is -3.87. The van der Waals surface area contributed by atoms with E-state index in [0.29, 0.717) is 0 Å². The Hall–Kier alpha value is -3.47. The summed E-state index contributed by atoms with van der Waals surface area (Å²) in [7, 11) is -3.87. The first kappa shape index (κ1) is 25.6. The fourth-order valence-corrected chi connectivity index (χ4v) is 3.76. The molecule has 0 heterocycles. The van der Waals surface area contributed by atoms with Crippen LogP contribution in [-0.4, -0.2) is 48.4 Å². The molecule has 0 bridgehead atoms. The maximum Gasteiger partial charge on any atom is 0.340 e. The van der Waals surface area contributed by atoms with Crippen molar-refractivity contribution in [2.24, 2.45) is 5.92 Å². The number of non-ortho nitro benzene ring substituents is 1. The van der Waals surface area contributed by atoms with Crippen molar-refractivity contribution in [2.75, 3.05) is 12.9 Å².